The van der Waals surface area contributed by atoms with E-state index in [1.54, 1.807) is 7.11 Å². The van der Waals surface area contributed by atoms with Gasteiger partial charge in [-0.2, -0.15) is 0 Å². The molecule has 21 heavy (non-hydrogen) atoms. The Kier molecular flexibility index (Phi) is 5.39. The minimum Gasteiger partial charge on any atom is -0.497 e. The third-order valence-electron chi connectivity index (χ3n) is 3.83. The lowest BCUT2D eigenvalue weighted by atomic mass is 9.93. The van der Waals surface area contributed by atoms with Gasteiger partial charge in [-0.3, -0.25) is 11.3 Å². The van der Waals surface area contributed by atoms with E-state index >= 15 is 0 Å². The number of hydrogen-bond donors (Lipinski definition) is 2. The van der Waals surface area contributed by atoms with E-state index in [4.69, 9.17) is 10.6 Å². The summed E-state index contributed by atoms with van der Waals surface area (Å²) in [6.07, 6.45) is 0.834. The van der Waals surface area contributed by atoms with Crippen LogP contribution >= 0.6 is 15.9 Å². The number of hydrogen-bond acceptors (Lipinski definition) is 3. The Balaban J connectivity index is 2.36. The summed E-state index contributed by atoms with van der Waals surface area (Å²) in [7, 11) is 1.67. The molecule has 0 aliphatic heterocycles. The van der Waals surface area contributed by atoms with E-state index in [-0.39, 0.29) is 6.04 Å². The van der Waals surface area contributed by atoms with Gasteiger partial charge in [0.25, 0.3) is 0 Å². The van der Waals surface area contributed by atoms with Crippen molar-refractivity contribution in [3.05, 3.63) is 63.1 Å². The van der Waals surface area contributed by atoms with Gasteiger partial charge in [-0.1, -0.05) is 34.1 Å². The van der Waals surface area contributed by atoms with Gasteiger partial charge in [0.1, 0.15) is 5.75 Å². The van der Waals surface area contributed by atoms with Gasteiger partial charge < -0.3 is 4.74 Å². The van der Waals surface area contributed by atoms with Gasteiger partial charge in [0.15, 0.2) is 0 Å². The summed E-state index contributed by atoms with van der Waals surface area (Å²) in [6.45, 7) is 4.27. The number of aryl methyl sites for hydroxylation is 2. The zero-order valence-corrected chi connectivity index (χ0v) is 14.2. The minimum atomic E-state index is 0.0225. The maximum absolute atomic E-state index is 5.80. The quantitative estimate of drug-likeness (QED) is 0.637. The fourth-order valence-corrected chi connectivity index (χ4v) is 3.07. The van der Waals surface area contributed by atoms with Crippen LogP contribution in [0.1, 0.15) is 28.3 Å². The van der Waals surface area contributed by atoms with Crippen molar-refractivity contribution in [1.29, 1.82) is 0 Å². The van der Waals surface area contributed by atoms with Crippen LogP contribution in [0.2, 0.25) is 0 Å². The molecule has 1 atom stereocenters. The van der Waals surface area contributed by atoms with Gasteiger partial charge in [-0.25, -0.2) is 0 Å². The van der Waals surface area contributed by atoms with Crippen LogP contribution < -0.4 is 16.0 Å². The SMILES string of the molecule is COc1ccc(Br)c(C(Cc2c(C)cccc2C)NN)c1. The topological polar surface area (TPSA) is 47.3 Å². The first kappa shape index (κ1) is 16.0. The first-order valence-corrected chi connectivity index (χ1v) is 7.70. The Bertz CT molecular complexity index is 608. The molecule has 0 spiro atoms. The molecule has 0 heterocycles. The zero-order chi connectivity index (χ0) is 15.4. The molecule has 4 heteroatoms. The van der Waals surface area contributed by atoms with Crippen molar-refractivity contribution in [2.45, 2.75) is 26.3 Å². The summed E-state index contributed by atoms with van der Waals surface area (Å²) in [6, 6.07) is 12.3. The van der Waals surface area contributed by atoms with E-state index in [2.05, 4.69) is 53.4 Å². The van der Waals surface area contributed by atoms with Crippen LogP contribution in [0.5, 0.6) is 5.75 Å². The predicted molar refractivity (Wildman–Crippen MR) is 90.4 cm³/mol. The van der Waals surface area contributed by atoms with Crippen LogP contribution in [-0.4, -0.2) is 7.11 Å². The molecule has 2 aromatic rings. The third-order valence-corrected chi connectivity index (χ3v) is 4.55. The lowest BCUT2D eigenvalue weighted by molar-refractivity contribution is 0.412. The van der Waals surface area contributed by atoms with E-state index in [1.165, 1.54) is 16.7 Å². The molecule has 3 nitrogen and oxygen atoms in total. The minimum absolute atomic E-state index is 0.0225. The summed E-state index contributed by atoms with van der Waals surface area (Å²) in [5, 5.41) is 0. The van der Waals surface area contributed by atoms with Crippen LogP contribution in [-0.2, 0) is 6.42 Å². The highest BCUT2D eigenvalue weighted by Crippen LogP contribution is 2.30. The number of methoxy groups -OCH3 is 1. The third kappa shape index (κ3) is 3.64. The molecule has 0 aliphatic rings. The summed E-state index contributed by atoms with van der Waals surface area (Å²) in [5.74, 6) is 6.63. The molecular formula is C17H21BrN2O. The van der Waals surface area contributed by atoms with Crippen molar-refractivity contribution >= 4 is 15.9 Å². The highest BCUT2D eigenvalue weighted by atomic mass is 79.9. The molecule has 0 fully saturated rings. The summed E-state index contributed by atoms with van der Waals surface area (Å²) < 4.78 is 6.34. The number of nitrogens with two attached hydrogens (primary N) is 1. The zero-order valence-electron chi connectivity index (χ0n) is 12.6. The first-order chi connectivity index (χ1) is 10.1. The fraction of sp³-hybridized carbons (Fsp3) is 0.294. The highest BCUT2D eigenvalue weighted by molar-refractivity contribution is 9.10. The van der Waals surface area contributed by atoms with Crippen LogP contribution in [0.3, 0.4) is 0 Å². The lowest BCUT2D eigenvalue weighted by Gasteiger charge is -2.21. The van der Waals surface area contributed by atoms with Crippen molar-refractivity contribution in [2.75, 3.05) is 7.11 Å². The normalized spacial score (nSPS) is 12.2. The van der Waals surface area contributed by atoms with E-state index in [0.29, 0.717) is 0 Å². The first-order valence-electron chi connectivity index (χ1n) is 6.91. The molecule has 1 unspecified atom stereocenters. The average Bonchev–Trinajstić information content (AvgIpc) is 2.48. The Morgan fingerprint density at radius 1 is 1.19 bits per heavy atom. The molecule has 0 aliphatic carbocycles. The molecule has 0 radical (unpaired) electrons. The number of rotatable bonds is 5. The average molecular weight is 349 g/mol. The van der Waals surface area contributed by atoms with Gasteiger partial charge in [0.05, 0.1) is 13.2 Å². The standard InChI is InChI=1S/C17H21BrN2O/c1-11-5-4-6-12(2)14(11)10-17(20-19)15-9-13(21-3)7-8-16(15)18/h4-9,17,20H,10,19H2,1-3H3. The Morgan fingerprint density at radius 2 is 1.86 bits per heavy atom. The molecule has 3 N–H and O–H groups in total. The van der Waals surface area contributed by atoms with Gasteiger partial charge in [-0.15, -0.1) is 0 Å². The molecule has 0 aromatic heterocycles. The van der Waals surface area contributed by atoms with Crippen LogP contribution in [0.15, 0.2) is 40.9 Å². The molecule has 2 rings (SSSR count). The van der Waals surface area contributed by atoms with Crippen molar-refractivity contribution < 1.29 is 4.74 Å². The molecule has 0 bridgehead atoms. The Morgan fingerprint density at radius 3 is 2.43 bits per heavy atom. The number of nitrogens with one attached hydrogen (secondary N) is 1. The second kappa shape index (κ2) is 7.07. The Hall–Kier alpha value is -1.36. The van der Waals surface area contributed by atoms with Gasteiger partial charge in [0, 0.05) is 4.47 Å². The van der Waals surface area contributed by atoms with Crippen molar-refractivity contribution in [3.63, 3.8) is 0 Å². The molecular weight excluding hydrogens is 328 g/mol. The number of benzene rings is 2. The predicted octanol–water partition coefficient (Wildman–Crippen LogP) is 3.82. The van der Waals surface area contributed by atoms with E-state index in [1.807, 2.05) is 18.2 Å². The number of ether oxygens (including phenoxy) is 1. The number of hydrazine groups is 1. The summed E-state index contributed by atoms with van der Waals surface area (Å²) >= 11 is 3.60. The molecule has 0 amide bonds. The van der Waals surface area contributed by atoms with E-state index < -0.39 is 0 Å². The Labute approximate surface area is 134 Å². The number of halogens is 1. The van der Waals surface area contributed by atoms with Crippen molar-refractivity contribution in [1.82, 2.24) is 5.43 Å². The van der Waals surface area contributed by atoms with Crippen LogP contribution in [0, 0.1) is 13.8 Å². The molecule has 112 valence electrons. The smallest absolute Gasteiger partial charge is 0.119 e. The van der Waals surface area contributed by atoms with Gasteiger partial charge in [-0.05, 0) is 60.7 Å². The fourth-order valence-electron chi connectivity index (χ4n) is 2.55. The second-order valence-electron chi connectivity index (χ2n) is 5.18. The second-order valence-corrected chi connectivity index (χ2v) is 6.04. The van der Waals surface area contributed by atoms with Crippen molar-refractivity contribution in [2.24, 2.45) is 5.84 Å². The maximum atomic E-state index is 5.80. The maximum Gasteiger partial charge on any atom is 0.119 e. The molecule has 0 saturated carbocycles. The summed E-state index contributed by atoms with van der Waals surface area (Å²) in [4.78, 5) is 0. The molecule has 2 aromatic carbocycles. The van der Waals surface area contributed by atoms with Crippen LogP contribution in [0.4, 0.5) is 0 Å². The van der Waals surface area contributed by atoms with Gasteiger partial charge in [0.2, 0.25) is 0 Å². The molecule has 0 saturated heterocycles. The monoisotopic (exact) mass is 348 g/mol. The van der Waals surface area contributed by atoms with Crippen molar-refractivity contribution in [3.8, 4) is 5.75 Å². The van der Waals surface area contributed by atoms with E-state index in [0.717, 1.165) is 22.2 Å². The largest absolute Gasteiger partial charge is 0.497 e. The highest BCUT2D eigenvalue weighted by Gasteiger charge is 2.17. The van der Waals surface area contributed by atoms with E-state index in [9.17, 15) is 0 Å². The lowest BCUT2D eigenvalue weighted by Crippen LogP contribution is -2.30. The summed E-state index contributed by atoms with van der Waals surface area (Å²) in [5.41, 5.74) is 7.93. The van der Waals surface area contributed by atoms with Gasteiger partial charge >= 0.3 is 0 Å². The van der Waals surface area contributed by atoms with Crippen LogP contribution in [0.25, 0.3) is 0 Å².